The van der Waals surface area contributed by atoms with Crippen LogP contribution < -0.4 is 4.74 Å². The molecule has 0 fully saturated rings. The average Bonchev–Trinajstić information content (AvgIpc) is 3.11. The Morgan fingerprint density at radius 3 is 2.74 bits per heavy atom. The maximum absolute atomic E-state index is 12.8. The zero-order valence-electron chi connectivity index (χ0n) is 15.1. The summed E-state index contributed by atoms with van der Waals surface area (Å²) in [6.45, 7) is 4.17. The van der Waals surface area contributed by atoms with E-state index in [-0.39, 0.29) is 5.91 Å². The van der Waals surface area contributed by atoms with Gasteiger partial charge in [-0.2, -0.15) is 0 Å². The Balaban J connectivity index is 1.44. The molecule has 0 saturated heterocycles. The first-order valence-corrected chi connectivity index (χ1v) is 9.27. The van der Waals surface area contributed by atoms with Gasteiger partial charge in [0.2, 0.25) is 5.88 Å². The van der Waals surface area contributed by atoms with Crippen molar-refractivity contribution in [1.82, 2.24) is 14.7 Å². The van der Waals surface area contributed by atoms with E-state index in [4.69, 9.17) is 16.3 Å². The summed E-state index contributed by atoms with van der Waals surface area (Å²) in [6, 6.07) is 17.3. The lowest BCUT2D eigenvalue weighted by atomic mass is 10.1. The molecule has 1 amide bonds. The summed E-state index contributed by atoms with van der Waals surface area (Å²) in [5, 5.41) is 5.17. The Morgan fingerprint density at radius 1 is 1.15 bits per heavy atom. The van der Waals surface area contributed by atoms with Gasteiger partial charge >= 0.3 is 0 Å². The largest absolute Gasteiger partial charge is 0.472 e. The van der Waals surface area contributed by atoms with Gasteiger partial charge in [0, 0.05) is 23.2 Å². The van der Waals surface area contributed by atoms with Crippen molar-refractivity contribution in [3.8, 4) is 5.88 Å². The number of amides is 1. The van der Waals surface area contributed by atoms with Gasteiger partial charge in [-0.15, -0.1) is 5.10 Å². The van der Waals surface area contributed by atoms with E-state index in [0.717, 1.165) is 16.8 Å². The summed E-state index contributed by atoms with van der Waals surface area (Å²) in [4.78, 5) is 14.6. The van der Waals surface area contributed by atoms with E-state index >= 15 is 0 Å². The molecule has 6 heteroatoms. The molecular weight excluding hydrogens is 362 g/mol. The topological polar surface area (TPSA) is 47.4 Å². The van der Waals surface area contributed by atoms with Crippen LogP contribution in [0, 0.1) is 6.92 Å². The minimum Gasteiger partial charge on any atom is -0.472 e. The summed E-state index contributed by atoms with van der Waals surface area (Å²) in [5.74, 6) is 0.597. The van der Waals surface area contributed by atoms with Crippen LogP contribution in [0.2, 0.25) is 5.02 Å². The summed E-state index contributed by atoms with van der Waals surface area (Å²) in [5.41, 5.74) is 3.63. The standard InChI is InChI=1S/C21H20ClN3O2/c1-15-11-17(7-8-19(15)22)21(26)24-9-10-25-18(13-24)12-20(23-25)27-14-16-5-3-2-4-6-16/h2-8,11-12H,9-10,13-14H2,1H3. The Bertz CT molecular complexity index is 969. The first kappa shape index (κ1) is 17.6. The number of carbonyl (C=O) groups excluding carboxylic acids is 1. The number of nitrogens with zero attached hydrogens (tertiary/aromatic N) is 3. The van der Waals surface area contributed by atoms with Crippen molar-refractivity contribution in [2.75, 3.05) is 6.54 Å². The highest BCUT2D eigenvalue weighted by atomic mass is 35.5. The molecule has 138 valence electrons. The van der Waals surface area contributed by atoms with Gasteiger partial charge in [-0.1, -0.05) is 41.9 Å². The van der Waals surface area contributed by atoms with Crippen LogP contribution in [0.1, 0.15) is 27.2 Å². The molecule has 5 nitrogen and oxygen atoms in total. The van der Waals surface area contributed by atoms with Gasteiger partial charge in [0.15, 0.2) is 0 Å². The van der Waals surface area contributed by atoms with E-state index in [0.29, 0.717) is 42.7 Å². The van der Waals surface area contributed by atoms with Crippen LogP contribution in [0.25, 0.3) is 0 Å². The smallest absolute Gasteiger partial charge is 0.254 e. The quantitative estimate of drug-likeness (QED) is 0.684. The van der Waals surface area contributed by atoms with Gasteiger partial charge in [-0.3, -0.25) is 9.48 Å². The van der Waals surface area contributed by atoms with Crippen molar-refractivity contribution in [2.45, 2.75) is 26.6 Å². The van der Waals surface area contributed by atoms with Crippen LogP contribution in [0.3, 0.4) is 0 Å². The second-order valence-electron chi connectivity index (χ2n) is 6.66. The van der Waals surface area contributed by atoms with Crippen molar-refractivity contribution in [1.29, 1.82) is 0 Å². The SMILES string of the molecule is Cc1cc(C(=O)N2CCn3nc(OCc4ccccc4)cc3C2)ccc1Cl. The van der Waals surface area contributed by atoms with Gasteiger partial charge in [-0.05, 0) is 36.2 Å². The van der Waals surface area contributed by atoms with E-state index in [1.165, 1.54) is 0 Å². The number of aryl methyl sites for hydroxylation is 1. The molecule has 1 aromatic heterocycles. The summed E-state index contributed by atoms with van der Waals surface area (Å²) in [6.07, 6.45) is 0. The van der Waals surface area contributed by atoms with Crippen LogP contribution in [0.4, 0.5) is 0 Å². The van der Waals surface area contributed by atoms with Crippen molar-refractivity contribution < 1.29 is 9.53 Å². The van der Waals surface area contributed by atoms with Crippen LogP contribution in [0.15, 0.2) is 54.6 Å². The fraction of sp³-hybridized carbons (Fsp3) is 0.238. The minimum absolute atomic E-state index is 0.00831. The predicted molar refractivity (Wildman–Crippen MR) is 104 cm³/mol. The first-order chi connectivity index (χ1) is 13.1. The number of benzene rings is 2. The number of ether oxygens (including phenoxy) is 1. The number of rotatable bonds is 4. The highest BCUT2D eigenvalue weighted by Gasteiger charge is 2.24. The molecule has 0 atom stereocenters. The summed E-state index contributed by atoms with van der Waals surface area (Å²) >= 11 is 6.06. The number of carbonyl (C=O) groups is 1. The molecule has 0 unspecified atom stereocenters. The number of halogens is 1. The first-order valence-electron chi connectivity index (χ1n) is 8.89. The van der Waals surface area contributed by atoms with Crippen LogP contribution in [-0.4, -0.2) is 27.1 Å². The summed E-state index contributed by atoms with van der Waals surface area (Å²) in [7, 11) is 0. The molecule has 0 bridgehead atoms. The zero-order valence-corrected chi connectivity index (χ0v) is 15.8. The zero-order chi connectivity index (χ0) is 18.8. The van der Waals surface area contributed by atoms with Crippen LogP contribution in [0.5, 0.6) is 5.88 Å². The molecule has 0 N–H and O–H groups in total. The summed E-state index contributed by atoms with van der Waals surface area (Å²) < 4.78 is 7.72. The number of hydrogen-bond acceptors (Lipinski definition) is 3. The van der Waals surface area contributed by atoms with Crippen molar-refractivity contribution >= 4 is 17.5 Å². The lowest BCUT2D eigenvalue weighted by molar-refractivity contribution is 0.0706. The van der Waals surface area contributed by atoms with Crippen LogP contribution in [-0.2, 0) is 19.7 Å². The highest BCUT2D eigenvalue weighted by molar-refractivity contribution is 6.31. The van der Waals surface area contributed by atoms with Crippen molar-refractivity contribution in [3.63, 3.8) is 0 Å². The third-order valence-corrected chi connectivity index (χ3v) is 5.12. The number of aromatic nitrogens is 2. The molecule has 3 aromatic rings. The lowest BCUT2D eigenvalue weighted by Crippen LogP contribution is -2.38. The second kappa shape index (κ2) is 7.45. The van der Waals surface area contributed by atoms with E-state index in [9.17, 15) is 4.79 Å². The molecule has 1 aliphatic heterocycles. The van der Waals surface area contributed by atoms with Gasteiger partial charge in [0.05, 0.1) is 18.8 Å². The monoisotopic (exact) mass is 381 g/mol. The molecule has 0 aliphatic carbocycles. The molecule has 27 heavy (non-hydrogen) atoms. The van der Waals surface area contributed by atoms with Gasteiger partial charge in [0.25, 0.3) is 5.91 Å². The van der Waals surface area contributed by atoms with Crippen molar-refractivity contribution in [3.05, 3.63) is 82.0 Å². The molecule has 0 radical (unpaired) electrons. The van der Waals surface area contributed by atoms with Crippen LogP contribution >= 0.6 is 11.6 Å². The highest BCUT2D eigenvalue weighted by Crippen LogP contribution is 2.22. The molecule has 2 aromatic carbocycles. The maximum atomic E-state index is 12.8. The van der Waals surface area contributed by atoms with Gasteiger partial charge in [-0.25, -0.2) is 0 Å². The fourth-order valence-corrected chi connectivity index (χ4v) is 3.29. The van der Waals surface area contributed by atoms with E-state index < -0.39 is 0 Å². The molecular formula is C21H20ClN3O2. The normalized spacial score (nSPS) is 13.3. The predicted octanol–water partition coefficient (Wildman–Crippen LogP) is 4.08. The molecule has 0 saturated carbocycles. The molecule has 4 rings (SSSR count). The Kier molecular flexibility index (Phi) is 4.86. The molecule has 1 aliphatic rings. The van der Waals surface area contributed by atoms with E-state index in [2.05, 4.69) is 5.10 Å². The maximum Gasteiger partial charge on any atom is 0.254 e. The number of hydrogen-bond donors (Lipinski definition) is 0. The van der Waals surface area contributed by atoms with E-state index in [1.54, 1.807) is 12.1 Å². The Morgan fingerprint density at radius 2 is 1.96 bits per heavy atom. The van der Waals surface area contributed by atoms with E-state index in [1.807, 2.05) is 59.0 Å². The third-order valence-electron chi connectivity index (χ3n) is 4.70. The lowest BCUT2D eigenvalue weighted by Gasteiger charge is -2.27. The van der Waals surface area contributed by atoms with Gasteiger partial charge in [0.1, 0.15) is 6.61 Å². The van der Waals surface area contributed by atoms with Crippen molar-refractivity contribution in [2.24, 2.45) is 0 Å². The minimum atomic E-state index is 0.00831. The molecule has 2 heterocycles. The molecule has 0 spiro atoms. The average molecular weight is 382 g/mol. The van der Waals surface area contributed by atoms with Gasteiger partial charge < -0.3 is 9.64 Å². The third kappa shape index (κ3) is 3.83. The number of fused-ring (bicyclic) bond motifs is 1. The second-order valence-corrected chi connectivity index (χ2v) is 7.07. The fourth-order valence-electron chi connectivity index (χ4n) is 3.18. The Labute approximate surface area is 163 Å². The Hall–Kier alpha value is -2.79.